The highest BCUT2D eigenvalue weighted by Crippen LogP contribution is 2.19. The van der Waals surface area contributed by atoms with E-state index in [1.165, 1.54) is 12.1 Å². The van der Waals surface area contributed by atoms with E-state index >= 15 is 0 Å². The van der Waals surface area contributed by atoms with Gasteiger partial charge in [0.25, 0.3) is 5.69 Å². The average Bonchev–Trinajstić information content (AvgIpc) is 2.19. The molecule has 0 saturated heterocycles. The van der Waals surface area contributed by atoms with Crippen LogP contribution in [0.1, 0.15) is 25.0 Å². The SMILES string of the molecule is CCC(C(=O)O)c1ccc([N+](=O)[O-])cn1. The minimum Gasteiger partial charge on any atom is -0.481 e. The lowest BCUT2D eigenvalue weighted by molar-refractivity contribution is -0.385. The Bertz CT molecular complexity index is 374. The Kier molecular flexibility index (Phi) is 3.33. The van der Waals surface area contributed by atoms with Crippen LogP contribution in [-0.2, 0) is 4.79 Å². The summed E-state index contributed by atoms with van der Waals surface area (Å²) in [5.41, 5.74) is 0.203. The zero-order valence-corrected chi connectivity index (χ0v) is 8.08. The number of hydrogen-bond donors (Lipinski definition) is 1. The summed E-state index contributed by atoms with van der Waals surface area (Å²) in [5.74, 6) is -1.68. The summed E-state index contributed by atoms with van der Waals surface area (Å²) in [7, 11) is 0. The first-order valence-electron chi connectivity index (χ1n) is 4.39. The van der Waals surface area contributed by atoms with Gasteiger partial charge in [-0.3, -0.25) is 19.9 Å². The summed E-state index contributed by atoms with van der Waals surface area (Å²) in [6.45, 7) is 1.72. The number of pyridine rings is 1. The molecule has 0 saturated carbocycles. The van der Waals surface area contributed by atoms with Crippen LogP contribution in [-0.4, -0.2) is 21.0 Å². The maximum absolute atomic E-state index is 10.8. The van der Waals surface area contributed by atoms with Crippen LogP contribution < -0.4 is 0 Å². The largest absolute Gasteiger partial charge is 0.481 e. The van der Waals surface area contributed by atoms with Crippen LogP contribution in [0.15, 0.2) is 18.3 Å². The number of carboxylic acid groups (broad SMARTS) is 1. The third-order valence-corrected chi connectivity index (χ3v) is 2.04. The molecule has 0 aliphatic rings. The van der Waals surface area contributed by atoms with Gasteiger partial charge in [0.1, 0.15) is 6.20 Å². The molecule has 0 amide bonds. The quantitative estimate of drug-likeness (QED) is 0.601. The van der Waals surface area contributed by atoms with Gasteiger partial charge in [-0.25, -0.2) is 0 Å². The van der Waals surface area contributed by atoms with Crippen molar-refractivity contribution < 1.29 is 14.8 Å². The van der Waals surface area contributed by atoms with Crippen LogP contribution in [0.25, 0.3) is 0 Å². The number of nitro groups is 1. The van der Waals surface area contributed by atoms with Crippen LogP contribution in [0.5, 0.6) is 0 Å². The topological polar surface area (TPSA) is 93.3 Å². The van der Waals surface area contributed by atoms with E-state index in [0.717, 1.165) is 6.20 Å². The monoisotopic (exact) mass is 210 g/mol. The molecule has 1 atom stereocenters. The number of carbonyl (C=O) groups is 1. The zero-order chi connectivity index (χ0) is 11.4. The number of hydrogen-bond acceptors (Lipinski definition) is 4. The molecule has 0 fully saturated rings. The molecular weight excluding hydrogens is 200 g/mol. The molecule has 15 heavy (non-hydrogen) atoms. The molecule has 0 aromatic carbocycles. The summed E-state index contributed by atoms with van der Waals surface area (Å²) < 4.78 is 0. The second-order valence-electron chi connectivity index (χ2n) is 3.00. The Hall–Kier alpha value is -1.98. The van der Waals surface area contributed by atoms with E-state index in [9.17, 15) is 14.9 Å². The Morgan fingerprint density at radius 1 is 1.67 bits per heavy atom. The molecule has 0 bridgehead atoms. The van der Waals surface area contributed by atoms with Gasteiger partial charge in [0.15, 0.2) is 0 Å². The van der Waals surface area contributed by atoms with Gasteiger partial charge in [-0.2, -0.15) is 0 Å². The summed E-state index contributed by atoms with van der Waals surface area (Å²) >= 11 is 0. The van der Waals surface area contributed by atoms with Gasteiger partial charge < -0.3 is 5.11 Å². The van der Waals surface area contributed by atoms with E-state index in [2.05, 4.69) is 4.98 Å². The fourth-order valence-electron chi connectivity index (χ4n) is 1.22. The molecule has 0 spiro atoms. The van der Waals surface area contributed by atoms with Gasteiger partial charge in [0.05, 0.1) is 16.5 Å². The zero-order valence-electron chi connectivity index (χ0n) is 8.08. The summed E-state index contributed by atoms with van der Waals surface area (Å²) in [6.07, 6.45) is 1.47. The molecule has 1 N–H and O–H groups in total. The lowest BCUT2D eigenvalue weighted by Crippen LogP contribution is -2.11. The smallest absolute Gasteiger partial charge is 0.312 e. The Balaban J connectivity index is 2.97. The Morgan fingerprint density at radius 3 is 2.67 bits per heavy atom. The molecular formula is C9H10N2O4. The molecule has 1 unspecified atom stereocenters. The number of aromatic nitrogens is 1. The first-order chi connectivity index (χ1) is 7.06. The van der Waals surface area contributed by atoms with Crippen molar-refractivity contribution in [3.63, 3.8) is 0 Å². The molecule has 0 aliphatic heterocycles. The molecule has 1 heterocycles. The second kappa shape index (κ2) is 4.50. The number of nitrogens with zero attached hydrogens (tertiary/aromatic N) is 2. The van der Waals surface area contributed by atoms with E-state index in [1.807, 2.05) is 0 Å². The lowest BCUT2D eigenvalue weighted by atomic mass is 10.0. The van der Waals surface area contributed by atoms with Crippen molar-refractivity contribution >= 4 is 11.7 Å². The van der Waals surface area contributed by atoms with Crippen LogP contribution in [0.2, 0.25) is 0 Å². The highest BCUT2D eigenvalue weighted by atomic mass is 16.6. The van der Waals surface area contributed by atoms with Gasteiger partial charge in [0.2, 0.25) is 0 Å². The van der Waals surface area contributed by atoms with Crippen LogP contribution in [0, 0.1) is 10.1 Å². The molecule has 1 aromatic heterocycles. The van der Waals surface area contributed by atoms with E-state index in [4.69, 9.17) is 5.11 Å². The molecule has 80 valence electrons. The summed E-state index contributed by atoms with van der Waals surface area (Å²) in [6, 6.07) is 2.63. The van der Waals surface area contributed by atoms with E-state index < -0.39 is 16.8 Å². The number of rotatable bonds is 4. The second-order valence-corrected chi connectivity index (χ2v) is 3.00. The number of carboxylic acids is 1. The Morgan fingerprint density at radius 2 is 2.33 bits per heavy atom. The fraction of sp³-hybridized carbons (Fsp3) is 0.333. The third-order valence-electron chi connectivity index (χ3n) is 2.04. The standard InChI is InChI=1S/C9H10N2O4/c1-2-7(9(12)13)8-4-3-6(5-10-8)11(14)15/h3-5,7H,2H2,1H3,(H,12,13). The van der Waals surface area contributed by atoms with Crippen molar-refractivity contribution in [1.82, 2.24) is 4.98 Å². The van der Waals surface area contributed by atoms with Gasteiger partial charge in [-0.15, -0.1) is 0 Å². The average molecular weight is 210 g/mol. The van der Waals surface area contributed by atoms with Crippen molar-refractivity contribution in [3.8, 4) is 0 Å². The normalized spacial score (nSPS) is 12.1. The van der Waals surface area contributed by atoms with Gasteiger partial charge >= 0.3 is 5.97 Å². The molecule has 1 rings (SSSR count). The maximum Gasteiger partial charge on any atom is 0.312 e. The fourth-order valence-corrected chi connectivity index (χ4v) is 1.22. The van der Waals surface area contributed by atoms with Gasteiger partial charge in [0, 0.05) is 6.07 Å². The highest BCUT2D eigenvalue weighted by molar-refractivity contribution is 5.75. The first kappa shape index (κ1) is 11.1. The van der Waals surface area contributed by atoms with Crippen molar-refractivity contribution in [3.05, 3.63) is 34.1 Å². The predicted molar refractivity (Wildman–Crippen MR) is 51.6 cm³/mol. The van der Waals surface area contributed by atoms with Crippen molar-refractivity contribution in [2.24, 2.45) is 0 Å². The summed E-state index contributed by atoms with van der Waals surface area (Å²) in [5, 5.41) is 19.2. The molecule has 0 radical (unpaired) electrons. The summed E-state index contributed by atoms with van der Waals surface area (Å²) in [4.78, 5) is 24.3. The van der Waals surface area contributed by atoms with Gasteiger partial charge in [-0.05, 0) is 12.5 Å². The third kappa shape index (κ3) is 2.49. The first-order valence-corrected chi connectivity index (χ1v) is 4.39. The van der Waals surface area contributed by atoms with Crippen LogP contribution in [0.3, 0.4) is 0 Å². The molecule has 6 heteroatoms. The van der Waals surface area contributed by atoms with E-state index in [1.54, 1.807) is 6.92 Å². The van der Waals surface area contributed by atoms with Crippen molar-refractivity contribution in [2.75, 3.05) is 0 Å². The maximum atomic E-state index is 10.8. The van der Waals surface area contributed by atoms with Crippen LogP contribution >= 0.6 is 0 Å². The van der Waals surface area contributed by atoms with Crippen LogP contribution in [0.4, 0.5) is 5.69 Å². The van der Waals surface area contributed by atoms with Crippen molar-refractivity contribution in [1.29, 1.82) is 0 Å². The Labute approximate surface area is 85.7 Å². The minimum atomic E-state index is -0.973. The highest BCUT2D eigenvalue weighted by Gasteiger charge is 2.19. The molecule has 0 aliphatic carbocycles. The number of aliphatic carboxylic acids is 1. The predicted octanol–water partition coefficient (Wildman–Crippen LogP) is 1.57. The minimum absolute atomic E-state index is 0.140. The molecule has 1 aromatic rings. The lowest BCUT2D eigenvalue weighted by Gasteiger charge is -2.07. The van der Waals surface area contributed by atoms with E-state index in [0.29, 0.717) is 12.1 Å². The van der Waals surface area contributed by atoms with Gasteiger partial charge in [-0.1, -0.05) is 6.92 Å². The molecule has 6 nitrogen and oxygen atoms in total. The van der Waals surface area contributed by atoms with E-state index in [-0.39, 0.29) is 5.69 Å². The van der Waals surface area contributed by atoms with Crippen molar-refractivity contribution in [2.45, 2.75) is 19.3 Å².